The van der Waals surface area contributed by atoms with Crippen molar-refractivity contribution in [2.45, 2.75) is 46.6 Å². The number of para-hydroxylation sites is 2. The standard InChI is InChI=1S/C29H36N2O4S/c1-5-20-35-27-14-7-6-12-25(27)13-9-19-30-29(32)26-17-15-24(16-18-26)21-31(36(4,33)34)28-22(2)10-8-11-23(28)3/h6-8,10-12,14-18H,5,9,13,19-21H2,1-4H3,(H,30,32). The van der Waals surface area contributed by atoms with Gasteiger partial charge < -0.3 is 10.1 Å². The molecule has 0 bridgehead atoms. The Labute approximate surface area is 215 Å². The number of carbonyl (C=O) groups is 1. The van der Waals surface area contributed by atoms with E-state index in [-0.39, 0.29) is 12.5 Å². The maximum absolute atomic E-state index is 12.6. The lowest BCUT2D eigenvalue weighted by Crippen LogP contribution is -2.30. The van der Waals surface area contributed by atoms with E-state index in [0.717, 1.165) is 47.3 Å². The van der Waals surface area contributed by atoms with Gasteiger partial charge in [0.1, 0.15) is 5.75 Å². The van der Waals surface area contributed by atoms with Crippen LogP contribution in [0.3, 0.4) is 0 Å². The molecule has 0 fully saturated rings. The minimum absolute atomic E-state index is 0.146. The van der Waals surface area contributed by atoms with Crippen LogP contribution in [0.15, 0.2) is 66.7 Å². The second-order valence-electron chi connectivity index (χ2n) is 9.02. The number of ether oxygens (including phenoxy) is 1. The molecule has 36 heavy (non-hydrogen) atoms. The molecule has 0 unspecified atom stereocenters. The second-order valence-corrected chi connectivity index (χ2v) is 10.9. The summed E-state index contributed by atoms with van der Waals surface area (Å²) in [5.41, 5.74) is 4.99. The van der Waals surface area contributed by atoms with E-state index in [9.17, 15) is 13.2 Å². The Hall–Kier alpha value is -3.32. The Balaban J connectivity index is 1.59. The fourth-order valence-corrected chi connectivity index (χ4v) is 5.14. The number of aryl methyl sites for hydroxylation is 3. The van der Waals surface area contributed by atoms with Crippen LogP contribution in [0.2, 0.25) is 0 Å². The molecule has 192 valence electrons. The van der Waals surface area contributed by atoms with Gasteiger partial charge in [0, 0.05) is 12.1 Å². The summed E-state index contributed by atoms with van der Waals surface area (Å²) in [6, 6.07) is 20.8. The smallest absolute Gasteiger partial charge is 0.251 e. The molecule has 0 radical (unpaired) electrons. The van der Waals surface area contributed by atoms with E-state index < -0.39 is 10.0 Å². The van der Waals surface area contributed by atoms with Gasteiger partial charge in [-0.15, -0.1) is 0 Å². The van der Waals surface area contributed by atoms with Gasteiger partial charge in [-0.2, -0.15) is 0 Å². The van der Waals surface area contributed by atoms with Crippen LogP contribution in [-0.2, 0) is 23.0 Å². The topological polar surface area (TPSA) is 75.7 Å². The zero-order valence-corrected chi connectivity index (χ0v) is 22.4. The van der Waals surface area contributed by atoms with Gasteiger partial charge in [0.05, 0.1) is 25.1 Å². The minimum atomic E-state index is -3.49. The molecule has 1 amide bonds. The van der Waals surface area contributed by atoms with Crippen molar-refractivity contribution in [2.24, 2.45) is 0 Å². The number of sulfonamides is 1. The lowest BCUT2D eigenvalue weighted by Gasteiger charge is -2.26. The molecule has 0 atom stereocenters. The first kappa shape index (κ1) is 27.3. The fraction of sp³-hybridized carbons (Fsp3) is 0.345. The van der Waals surface area contributed by atoms with E-state index in [4.69, 9.17) is 4.74 Å². The molecule has 0 heterocycles. The highest BCUT2D eigenvalue weighted by atomic mass is 32.2. The predicted molar refractivity (Wildman–Crippen MR) is 146 cm³/mol. The first-order chi connectivity index (χ1) is 17.2. The van der Waals surface area contributed by atoms with E-state index in [1.165, 1.54) is 10.6 Å². The van der Waals surface area contributed by atoms with E-state index in [2.05, 4.69) is 18.3 Å². The first-order valence-electron chi connectivity index (χ1n) is 12.3. The Kier molecular flexibility index (Phi) is 9.53. The lowest BCUT2D eigenvalue weighted by atomic mass is 10.1. The average molecular weight is 509 g/mol. The first-order valence-corrected chi connectivity index (χ1v) is 14.2. The number of rotatable bonds is 12. The number of hydrogen-bond acceptors (Lipinski definition) is 4. The normalized spacial score (nSPS) is 11.2. The molecule has 3 aromatic carbocycles. The Morgan fingerprint density at radius 3 is 2.25 bits per heavy atom. The SMILES string of the molecule is CCCOc1ccccc1CCCNC(=O)c1ccc(CN(c2c(C)cccc2C)S(C)(=O)=O)cc1. The maximum Gasteiger partial charge on any atom is 0.251 e. The van der Waals surface area contributed by atoms with Crippen LogP contribution >= 0.6 is 0 Å². The van der Waals surface area contributed by atoms with Crippen LogP contribution in [0.4, 0.5) is 5.69 Å². The summed E-state index contributed by atoms with van der Waals surface area (Å²) >= 11 is 0. The Morgan fingerprint density at radius 2 is 1.61 bits per heavy atom. The average Bonchev–Trinajstić information content (AvgIpc) is 2.85. The van der Waals surface area contributed by atoms with Crippen LogP contribution in [0.1, 0.15) is 52.4 Å². The van der Waals surface area contributed by atoms with Gasteiger partial charge in [-0.1, -0.05) is 55.5 Å². The maximum atomic E-state index is 12.6. The van der Waals surface area contributed by atoms with Crippen molar-refractivity contribution in [1.29, 1.82) is 0 Å². The molecule has 6 nitrogen and oxygen atoms in total. The number of hydrogen-bond donors (Lipinski definition) is 1. The molecule has 0 saturated carbocycles. The molecule has 0 aliphatic heterocycles. The van der Waals surface area contributed by atoms with E-state index in [1.54, 1.807) is 12.1 Å². The van der Waals surface area contributed by atoms with Crippen LogP contribution in [0.5, 0.6) is 5.75 Å². The van der Waals surface area contributed by atoms with Crippen molar-refractivity contribution in [2.75, 3.05) is 23.7 Å². The molecule has 0 aromatic heterocycles. The summed E-state index contributed by atoms with van der Waals surface area (Å²) in [5.74, 6) is 0.761. The zero-order valence-electron chi connectivity index (χ0n) is 21.6. The van der Waals surface area contributed by atoms with Gasteiger partial charge in [-0.05, 0) is 73.6 Å². The lowest BCUT2D eigenvalue weighted by molar-refractivity contribution is 0.0953. The van der Waals surface area contributed by atoms with Gasteiger partial charge in [0.2, 0.25) is 10.0 Å². The fourth-order valence-electron chi connectivity index (χ4n) is 4.13. The van der Waals surface area contributed by atoms with Crippen molar-refractivity contribution < 1.29 is 17.9 Å². The quantitative estimate of drug-likeness (QED) is 0.332. The number of nitrogens with one attached hydrogen (secondary N) is 1. The van der Waals surface area contributed by atoms with Crippen molar-refractivity contribution in [3.8, 4) is 5.75 Å². The molecular formula is C29H36N2O4S. The van der Waals surface area contributed by atoms with E-state index in [0.29, 0.717) is 24.4 Å². The highest BCUT2D eigenvalue weighted by Gasteiger charge is 2.21. The van der Waals surface area contributed by atoms with Crippen LogP contribution < -0.4 is 14.4 Å². The molecule has 7 heteroatoms. The Bertz CT molecular complexity index is 1250. The molecular weight excluding hydrogens is 472 g/mol. The van der Waals surface area contributed by atoms with Gasteiger partial charge in [0.25, 0.3) is 5.91 Å². The third-order valence-corrected chi connectivity index (χ3v) is 7.09. The van der Waals surface area contributed by atoms with Crippen molar-refractivity contribution in [3.63, 3.8) is 0 Å². The van der Waals surface area contributed by atoms with E-state index >= 15 is 0 Å². The number of carbonyl (C=O) groups excluding carboxylic acids is 1. The van der Waals surface area contributed by atoms with Crippen LogP contribution in [0, 0.1) is 13.8 Å². The molecule has 0 spiro atoms. The summed E-state index contributed by atoms with van der Waals surface area (Å²) < 4.78 is 32.4. The minimum Gasteiger partial charge on any atom is -0.493 e. The number of benzene rings is 3. The van der Waals surface area contributed by atoms with Crippen LogP contribution in [-0.4, -0.2) is 33.7 Å². The monoisotopic (exact) mass is 508 g/mol. The van der Waals surface area contributed by atoms with Crippen LogP contribution in [0.25, 0.3) is 0 Å². The molecule has 3 rings (SSSR count). The van der Waals surface area contributed by atoms with Crippen molar-refractivity contribution in [1.82, 2.24) is 5.32 Å². The predicted octanol–water partition coefficient (Wildman–Crippen LogP) is 5.42. The highest BCUT2D eigenvalue weighted by molar-refractivity contribution is 7.92. The third kappa shape index (κ3) is 7.34. The molecule has 0 aliphatic carbocycles. The summed E-state index contributed by atoms with van der Waals surface area (Å²) in [6.45, 7) is 7.34. The summed E-state index contributed by atoms with van der Waals surface area (Å²) in [6.07, 6.45) is 3.80. The second kappa shape index (κ2) is 12.6. The summed E-state index contributed by atoms with van der Waals surface area (Å²) in [4.78, 5) is 12.6. The van der Waals surface area contributed by atoms with E-state index in [1.807, 2.05) is 62.4 Å². The summed E-state index contributed by atoms with van der Waals surface area (Å²) in [7, 11) is -3.49. The third-order valence-electron chi connectivity index (χ3n) is 5.97. The van der Waals surface area contributed by atoms with Gasteiger partial charge in [-0.25, -0.2) is 8.42 Å². The zero-order chi connectivity index (χ0) is 26.1. The number of nitrogens with zero attached hydrogens (tertiary/aromatic N) is 1. The van der Waals surface area contributed by atoms with Crippen molar-refractivity contribution >= 4 is 21.6 Å². The molecule has 0 saturated heterocycles. The largest absolute Gasteiger partial charge is 0.493 e. The highest BCUT2D eigenvalue weighted by Crippen LogP contribution is 2.28. The van der Waals surface area contributed by atoms with Gasteiger partial charge in [-0.3, -0.25) is 9.10 Å². The summed E-state index contributed by atoms with van der Waals surface area (Å²) in [5, 5.41) is 2.97. The number of amides is 1. The Morgan fingerprint density at radius 1 is 0.944 bits per heavy atom. The van der Waals surface area contributed by atoms with Crippen molar-refractivity contribution in [3.05, 3.63) is 94.5 Å². The molecule has 3 aromatic rings. The molecule has 1 N–H and O–H groups in total. The molecule has 0 aliphatic rings. The number of anilines is 1. The van der Waals surface area contributed by atoms with Gasteiger partial charge >= 0.3 is 0 Å². The van der Waals surface area contributed by atoms with Gasteiger partial charge in [0.15, 0.2) is 0 Å².